The lowest BCUT2D eigenvalue weighted by Crippen LogP contribution is -2.28. The van der Waals surface area contributed by atoms with Crippen LogP contribution < -0.4 is 10.2 Å². The summed E-state index contributed by atoms with van der Waals surface area (Å²) in [5.41, 5.74) is 6.07. The molecule has 33 heavy (non-hydrogen) atoms. The van der Waals surface area contributed by atoms with Crippen molar-refractivity contribution in [2.45, 2.75) is 13.8 Å². The SMILES string of the molecule is Cc1cccc(N(C)C(=O)c2ccccc2NC(=O)c2c(C)cccc2-c2ccccc2)c1. The highest BCUT2D eigenvalue weighted by atomic mass is 16.2. The van der Waals surface area contributed by atoms with E-state index < -0.39 is 0 Å². The second kappa shape index (κ2) is 9.53. The lowest BCUT2D eigenvalue weighted by Gasteiger charge is -2.20. The van der Waals surface area contributed by atoms with E-state index in [-0.39, 0.29) is 11.8 Å². The van der Waals surface area contributed by atoms with Crippen LogP contribution in [0.4, 0.5) is 11.4 Å². The third-order valence-electron chi connectivity index (χ3n) is 5.68. The van der Waals surface area contributed by atoms with Gasteiger partial charge in [-0.05, 0) is 60.4 Å². The van der Waals surface area contributed by atoms with E-state index in [0.29, 0.717) is 16.8 Å². The molecule has 0 atom stereocenters. The molecule has 4 aromatic carbocycles. The molecule has 164 valence electrons. The first-order valence-electron chi connectivity index (χ1n) is 10.9. The number of para-hydroxylation sites is 1. The monoisotopic (exact) mass is 434 g/mol. The topological polar surface area (TPSA) is 49.4 Å². The Kier molecular flexibility index (Phi) is 6.36. The molecule has 0 unspecified atom stereocenters. The normalized spacial score (nSPS) is 10.5. The Balaban J connectivity index is 1.67. The second-order valence-corrected chi connectivity index (χ2v) is 8.07. The van der Waals surface area contributed by atoms with Gasteiger partial charge in [-0.1, -0.05) is 72.8 Å². The van der Waals surface area contributed by atoms with Crippen LogP contribution in [0.1, 0.15) is 31.8 Å². The van der Waals surface area contributed by atoms with Gasteiger partial charge in [0.15, 0.2) is 0 Å². The van der Waals surface area contributed by atoms with Gasteiger partial charge in [0.1, 0.15) is 0 Å². The van der Waals surface area contributed by atoms with E-state index in [1.165, 1.54) is 0 Å². The Morgan fingerprint density at radius 3 is 2.21 bits per heavy atom. The molecule has 4 aromatic rings. The zero-order valence-corrected chi connectivity index (χ0v) is 19.0. The van der Waals surface area contributed by atoms with E-state index in [0.717, 1.165) is 27.9 Å². The predicted molar refractivity (Wildman–Crippen MR) is 135 cm³/mol. The Labute approximate surface area is 194 Å². The van der Waals surface area contributed by atoms with Gasteiger partial charge in [0.25, 0.3) is 11.8 Å². The molecule has 0 aliphatic rings. The summed E-state index contributed by atoms with van der Waals surface area (Å²) < 4.78 is 0. The van der Waals surface area contributed by atoms with Crippen LogP contribution in [0.25, 0.3) is 11.1 Å². The van der Waals surface area contributed by atoms with Crippen LogP contribution in [0.3, 0.4) is 0 Å². The van der Waals surface area contributed by atoms with Gasteiger partial charge in [0, 0.05) is 12.7 Å². The zero-order valence-electron chi connectivity index (χ0n) is 19.0. The summed E-state index contributed by atoms with van der Waals surface area (Å²) in [6.45, 7) is 3.91. The fourth-order valence-corrected chi connectivity index (χ4v) is 3.93. The van der Waals surface area contributed by atoms with Gasteiger partial charge in [-0.25, -0.2) is 0 Å². The number of nitrogens with zero attached hydrogens (tertiary/aromatic N) is 1. The van der Waals surface area contributed by atoms with Gasteiger partial charge in [0.05, 0.1) is 16.8 Å². The van der Waals surface area contributed by atoms with Crippen LogP contribution in [0.15, 0.2) is 97.1 Å². The summed E-state index contributed by atoms with van der Waals surface area (Å²) in [7, 11) is 1.74. The van der Waals surface area contributed by atoms with Gasteiger partial charge in [-0.3, -0.25) is 9.59 Å². The number of aryl methyl sites for hydroxylation is 2. The molecule has 0 fully saturated rings. The smallest absolute Gasteiger partial charge is 0.260 e. The number of benzene rings is 4. The van der Waals surface area contributed by atoms with E-state index >= 15 is 0 Å². The van der Waals surface area contributed by atoms with Gasteiger partial charge in [0.2, 0.25) is 0 Å². The lowest BCUT2D eigenvalue weighted by atomic mass is 9.95. The first kappa shape index (κ1) is 22.0. The van der Waals surface area contributed by atoms with Crippen molar-refractivity contribution in [1.29, 1.82) is 0 Å². The van der Waals surface area contributed by atoms with Gasteiger partial charge in [-0.15, -0.1) is 0 Å². The molecule has 0 aliphatic carbocycles. The molecule has 0 saturated heterocycles. The highest BCUT2D eigenvalue weighted by Gasteiger charge is 2.21. The molecular weight excluding hydrogens is 408 g/mol. The number of hydrogen-bond acceptors (Lipinski definition) is 2. The quantitative estimate of drug-likeness (QED) is 0.390. The molecule has 0 radical (unpaired) electrons. The molecule has 0 aliphatic heterocycles. The molecular formula is C29H26N2O2. The molecule has 0 spiro atoms. The van der Waals surface area contributed by atoms with Crippen molar-refractivity contribution < 1.29 is 9.59 Å². The molecule has 2 amide bonds. The van der Waals surface area contributed by atoms with Crippen molar-refractivity contribution in [2.24, 2.45) is 0 Å². The largest absolute Gasteiger partial charge is 0.321 e. The number of anilines is 2. The summed E-state index contributed by atoms with van der Waals surface area (Å²) >= 11 is 0. The van der Waals surface area contributed by atoms with Crippen molar-refractivity contribution >= 4 is 23.2 Å². The van der Waals surface area contributed by atoms with Crippen molar-refractivity contribution in [2.75, 3.05) is 17.3 Å². The maximum absolute atomic E-state index is 13.5. The number of carbonyl (C=O) groups excluding carboxylic acids is 2. The Hall–Kier alpha value is -4.18. The molecule has 0 heterocycles. The highest BCUT2D eigenvalue weighted by molar-refractivity contribution is 6.15. The molecule has 1 N–H and O–H groups in total. The zero-order chi connectivity index (χ0) is 23.4. The summed E-state index contributed by atoms with van der Waals surface area (Å²) in [5.74, 6) is -0.435. The van der Waals surface area contributed by atoms with Crippen molar-refractivity contribution in [3.8, 4) is 11.1 Å². The summed E-state index contributed by atoms with van der Waals surface area (Å²) in [4.78, 5) is 28.4. The minimum atomic E-state index is -0.245. The molecule has 4 heteroatoms. The second-order valence-electron chi connectivity index (χ2n) is 8.07. The van der Waals surface area contributed by atoms with Crippen LogP contribution in [0.5, 0.6) is 0 Å². The highest BCUT2D eigenvalue weighted by Crippen LogP contribution is 2.28. The Morgan fingerprint density at radius 2 is 1.45 bits per heavy atom. The minimum Gasteiger partial charge on any atom is -0.321 e. The van der Waals surface area contributed by atoms with Crippen molar-refractivity contribution in [3.63, 3.8) is 0 Å². The van der Waals surface area contributed by atoms with Gasteiger partial charge in [-0.2, -0.15) is 0 Å². The molecule has 4 rings (SSSR count). The van der Waals surface area contributed by atoms with E-state index in [2.05, 4.69) is 5.32 Å². The third kappa shape index (κ3) is 4.70. The average molecular weight is 435 g/mol. The van der Waals surface area contributed by atoms with E-state index in [4.69, 9.17) is 0 Å². The van der Waals surface area contributed by atoms with Crippen LogP contribution in [-0.2, 0) is 0 Å². The van der Waals surface area contributed by atoms with Crippen LogP contribution >= 0.6 is 0 Å². The first-order valence-corrected chi connectivity index (χ1v) is 10.9. The minimum absolute atomic E-state index is 0.190. The molecule has 0 aromatic heterocycles. The van der Waals surface area contributed by atoms with E-state index in [1.54, 1.807) is 30.1 Å². The Morgan fingerprint density at radius 1 is 0.758 bits per heavy atom. The summed E-state index contributed by atoms with van der Waals surface area (Å²) in [6.07, 6.45) is 0. The van der Waals surface area contributed by atoms with Crippen LogP contribution in [-0.4, -0.2) is 18.9 Å². The average Bonchev–Trinajstić information content (AvgIpc) is 2.83. The van der Waals surface area contributed by atoms with Crippen molar-refractivity contribution in [3.05, 3.63) is 119 Å². The summed E-state index contributed by atoms with van der Waals surface area (Å²) in [6, 6.07) is 30.5. The summed E-state index contributed by atoms with van der Waals surface area (Å²) in [5, 5.41) is 2.99. The number of nitrogens with one attached hydrogen (secondary N) is 1. The maximum Gasteiger partial charge on any atom is 0.260 e. The van der Waals surface area contributed by atoms with E-state index in [1.807, 2.05) is 92.7 Å². The fourth-order valence-electron chi connectivity index (χ4n) is 3.93. The first-order chi connectivity index (χ1) is 16.0. The number of hydrogen-bond donors (Lipinski definition) is 1. The third-order valence-corrected chi connectivity index (χ3v) is 5.68. The molecule has 0 saturated carbocycles. The number of carbonyl (C=O) groups is 2. The molecule has 4 nitrogen and oxygen atoms in total. The maximum atomic E-state index is 13.5. The number of amides is 2. The van der Waals surface area contributed by atoms with Gasteiger partial charge < -0.3 is 10.2 Å². The van der Waals surface area contributed by atoms with Crippen LogP contribution in [0, 0.1) is 13.8 Å². The van der Waals surface area contributed by atoms with E-state index in [9.17, 15) is 9.59 Å². The standard InChI is InChI=1S/C29H26N2O2/c1-20-11-9-15-23(19-20)31(3)29(33)25-16-7-8-18-26(25)30-28(32)27-21(2)12-10-17-24(27)22-13-5-4-6-14-22/h4-19H,1-3H3,(H,30,32). The van der Waals surface area contributed by atoms with Crippen molar-refractivity contribution in [1.82, 2.24) is 0 Å². The Bertz CT molecular complexity index is 1310. The lowest BCUT2D eigenvalue weighted by molar-refractivity contribution is 0.0994. The number of rotatable bonds is 5. The molecule has 0 bridgehead atoms. The predicted octanol–water partition coefficient (Wildman–Crippen LogP) is 6.50. The van der Waals surface area contributed by atoms with Crippen LogP contribution in [0.2, 0.25) is 0 Å². The fraction of sp³-hybridized carbons (Fsp3) is 0.103. The van der Waals surface area contributed by atoms with Gasteiger partial charge >= 0.3 is 0 Å².